The normalized spacial score (nSPS) is 17.0. The van der Waals surface area contributed by atoms with Gasteiger partial charge in [-0.25, -0.2) is 0 Å². The Labute approximate surface area is 138 Å². The molecule has 118 valence electrons. The van der Waals surface area contributed by atoms with Crippen molar-refractivity contribution in [2.75, 3.05) is 26.7 Å². The van der Waals surface area contributed by atoms with E-state index in [0.29, 0.717) is 6.04 Å². The first-order valence-electron chi connectivity index (χ1n) is 8.36. The minimum atomic E-state index is 0.474. The minimum Gasteiger partial charge on any atom is -0.310 e. The van der Waals surface area contributed by atoms with Gasteiger partial charge in [-0.15, -0.1) is 0 Å². The van der Waals surface area contributed by atoms with Crippen molar-refractivity contribution in [3.8, 4) is 0 Å². The van der Waals surface area contributed by atoms with Crippen molar-refractivity contribution in [3.63, 3.8) is 0 Å². The van der Waals surface area contributed by atoms with Gasteiger partial charge in [0.1, 0.15) is 0 Å². The van der Waals surface area contributed by atoms with Gasteiger partial charge in [0.15, 0.2) is 0 Å². The third kappa shape index (κ3) is 5.72. The summed E-state index contributed by atoms with van der Waals surface area (Å²) in [5.74, 6) is 0.963. The van der Waals surface area contributed by atoms with Crippen LogP contribution in [0.25, 0.3) is 0 Å². The molecule has 2 nitrogen and oxygen atoms in total. The maximum atomic E-state index is 3.70. The van der Waals surface area contributed by atoms with Crippen molar-refractivity contribution in [2.24, 2.45) is 5.92 Å². The molecule has 21 heavy (non-hydrogen) atoms. The standard InChI is InChI=1S/C18H29BrN2/c1-3-12-20-18(16-7-9-17(19)10-8-16)11-13-21(2)14-15-5-4-6-15/h7-10,15,18,20H,3-6,11-14H2,1-2H3. The quantitative estimate of drug-likeness (QED) is 0.697. The molecule has 0 saturated heterocycles. The molecule has 0 aliphatic heterocycles. The van der Waals surface area contributed by atoms with Crippen molar-refractivity contribution in [1.82, 2.24) is 10.2 Å². The number of benzene rings is 1. The van der Waals surface area contributed by atoms with E-state index in [1.54, 1.807) is 0 Å². The number of hydrogen-bond donors (Lipinski definition) is 1. The van der Waals surface area contributed by atoms with Crippen LogP contribution in [0.5, 0.6) is 0 Å². The number of halogens is 1. The fourth-order valence-electron chi connectivity index (χ4n) is 2.96. The molecule has 1 saturated carbocycles. The van der Waals surface area contributed by atoms with Crippen molar-refractivity contribution in [3.05, 3.63) is 34.3 Å². The average molecular weight is 353 g/mol. The molecule has 0 heterocycles. The number of nitrogens with one attached hydrogen (secondary N) is 1. The van der Waals surface area contributed by atoms with Crippen molar-refractivity contribution < 1.29 is 0 Å². The molecule has 2 rings (SSSR count). The van der Waals surface area contributed by atoms with Crippen LogP contribution in [0.15, 0.2) is 28.7 Å². The maximum absolute atomic E-state index is 3.70. The van der Waals surface area contributed by atoms with E-state index in [1.807, 2.05) is 0 Å². The molecule has 1 atom stereocenters. The third-order valence-corrected chi connectivity index (χ3v) is 5.04. The summed E-state index contributed by atoms with van der Waals surface area (Å²) < 4.78 is 1.16. The van der Waals surface area contributed by atoms with Crippen LogP contribution in [0.3, 0.4) is 0 Å². The van der Waals surface area contributed by atoms with E-state index in [1.165, 1.54) is 50.8 Å². The lowest BCUT2D eigenvalue weighted by Gasteiger charge is -2.31. The zero-order valence-corrected chi connectivity index (χ0v) is 15.0. The van der Waals surface area contributed by atoms with Crippen LogP contribution in [-0.2, 0) is 0 Å². The molecule has 0 amide bonds. The lowest BCUT2D eigenvalue weighted by molar-refractivity contribution is 0.199. The van der Waals surface area contributed by atoms with E-state index >= 15 is 0 Å². The van der Waals surface area contributed by atoms with Crippen LogP contribution in [0, 0.1) is 5.92 Å². The zero-order chi connectivity index (χ0) is 15.1. The summed E-state index contributed by atoms with van der Waals surface area (Å²) in [6.45, 7) is 5.77. The molecule has 1 fully saturated rings. The first-order chi connectivity index (χ1) is 10.2. The highest BCUT2D eigenvalue weighted by Gasteiger charge is 2.19. The van der Waals surface area contributed by atoms with Gasteiger partial charge >= 0.3 is 0 Å². The monoisotopic (exact) mass is 352 g/mol. The lowest BCUT2D eigenvalue weighted by atomic mass is 9.85. The zero-order valence-electron chi connectivity index (χ0n) is 13.4. The number of hydrogen-bond acceptors (Lipinski definition) is 2. The summed E-state index contributed by atoms with van der Waals surface area (Å²) in [4.78, 5) is 2.52. The molecule has 3 heteroatoms. The third-order valence-electron chi connectivity index (χ3n) is 4.51. The van der Waals surface area contributed by atoms with Crippen LogP contribution in [-0.4, -0.2) is 31.6 Å². The van der Waals surface area contributed by atoms with E-state index < -0.39 is 0 Å². The molecular formula is C18H29BrN2. The Morgan fingerprint density at radius 1 is 1.29 bits per heavy atom. The molecule has 0 bridgehead atoms. The average Bonchev–Trinajstić information content (AvgIpc) is 2.44. The Hall–Kier alpha value is -0.380. The molecule has 0 aromatic heterocycles. The van der Waals surface area contributed by atoms with Crippen molar-refractivity contribution >= 4 is 15.9 Å². The lowest BCUT2D eigenvalue weighted by Crippen LogP contribution is -2.32. The molecule has 1 aliphatic carbocycles. The number of nitrogens with zero attached hydrogens (tertiary/aromatic N) is 1. The van der Waals surface area contributed by atoms with Crippen LogP contribution in [0.2, 0.25) is 0 Å². The van der Waals surface area contributed by atoms with Gasteiger partial charge in [-0.1, -0.05) is 41.4 Å². The SMILES string of the molecule is CCCNC(CCN(C)CC1CCC1)c1ccc(Br)cc1. The molecular weight excluding hydrogens is 324 g/mol. The van der Waals surface area contributed by atoms with Crippen molar-refractivity contribution in [2.45, 2.75) is 45.1 Å². The second kappa shape index (κ2) is 8.92. The molecule has 1 N–H and O–H groups in total. The van der Waals surface area contributed by atoms with E-state index in [4.69, 9.17) is 0 Å². The highest BCUT2D eigenvalue weighted by Crippen LogP contribution is 2.27. The summed E-state index contributed by atoms with van der Waals surface area (Å²) in [7, 11) is 2.27. The first-order valence-corrected chi connectivity index (χ1v) is 9.15. The Bertz CT molecular complexity index is 400. The predicted molar refractivity (Wildman–Crippen MR) is 94.6 cm³/mol. The topological polar surface area (TPSA) is 15.3 Å². The maximum Gasteiger partial charge on any atom is 0.0332 e. The van der Waals surface area contributed by atoms with Crippen LogP contribution >= 0.6 is 15.9 Å². The fourth-order valence-corrected chi connectivity index (χ4v) is 3.22. The van der Waals surface area contributed by atoms with E-state index in [9.17, 15) is 0 Å². The fraction of sp³-hybridized carbons (Fsp3) is 0.667. The largest absolute Gasteiger partial charge is 0.310 e. The van der Waals surface area contributed by atoms with E-state index in [-0.39, 0.29) is 0 Å². The highest BCUT2D eigenvalue weighted by molar-refractivity contribution is 9.10. The van der Waals surface area contributed by atoms with Gasteiger partial charge in [-0.3, -0.25) is 0 Å². The number of rotatable bonds is 9. The van der Waals surface area contributed by atoms with Crippen molar-refractivity contribution in [1.29, 1.82) is 0 Å². The van der Waals surface area contributed by atoms with Gasteiger partial charge in [0, 0.05) is 17.1 Å². The van der Waals surface area contributed by atoms with E-state index in [2.05, 4.69) is 64.4 Å². The Kier molecular flexibility index (Phi) is 7.21. The van der Waals surface area contributed by atoms with Gasteiger partial charge in [0.2, 0.25) is 0 Å². The van der Waals surface area contributed by atoms with Gasteiger partial charge in [-0.05, 0) is 69.4 Å². The van der Waals surface area contributed by atoms with Gasteiger partial charge < -0.3 is 10.2 Å². The molecule has 1 unspecified atom stereocenters. The van der Waals surface area contributed by atoms with Gasteiger partial charge in [0.05, 0.1) is 0 Å². The summed E-state index contributed by atoms with van der Waals surface area (Å²) in [6.07, 6.45) is 6.69. The summed E-state index contributed by atoms with van der Waals surface area (Å²) in [5.41, 5.74) is 1.41. The molecule has 0 radical (unpaired) electrons. The van der Waals surface area contributed by atoms with Gasteiger partial charge in [-0.2, -0.15) is 0 Å². The smallest absolute Gasteiger partial charge is 0.0332 e. The summed E-state index contributed by atoms with van der Waals surface area (Å²) >= 11 is 3.52. The Morgan fingerprint density at radius 2 is 2.00 bits per heavy atom. The van der Waals surface area contributed by atoms with Crippen LogP contribution < -0.4 is 5.32 Å². The van der Waals surface area contributed by atoms with E-state index in [0.717, 1.165) is 16.9 Å². The first kappa shape index (κ1) is 17.0. The molecule has 1 aromatic rings. The second-order valence-electron chi connectivity index (χ2n) is 6.41. The van der Waals surface area contributed by atoms with Crippen LogP contribution in [0.1, 0.15) is 50.6 Å². The minimum absolute atomic E-state index is 0.474. The molecule has 1 aliphatic rings. The Balaban J connectivity index is 1.84. The summed E-state index contributed by atoms with van der Waals surface area (Å²) in [6, 6.07) is 9.25. The second-order valence-corrected chi connectivity index (χ2v) is 7.32. The molecule has 1 aromatic carbocycles. The molecule has 0 spiro atoms. The Morgan fingerprint density at radius 3 is 2.57 bits per heavy atom. The van der Waals surface area contributed by atoms with Gasteiger partial charge in [0.25, 0.3) is 0 Å². The highest BCUT2D eigenvalue weighted by atomic mass is 79.9. The predicted octanol–water partition coefficient (Wildman–Crippen LogP) is 4.61. The summed E-state index contributed by atoms with van der Waals surface area (Å²) in [5, 5.41) is 3.70. The van der Waals surface area contributed by atoms with Crippen LogP contribution in [0.4, 0.5) is 0 Å².